The standard InChI is InChI=1S/C22H28N4/c1-23-17-11-5-3-7-13-19(17)25-21-15-9-10-16-22(21)26-20-14-8-4-6-12-18(20)24-2/h3-8,11-14,21-22H,9-10,15-16H2,1-2H3,(H,23,25)(H,24,26)/t21-,22-/m1/s1. The highest BCUT2D eigenvalue weighted by Crippen LogP contribution is 2.23. The minimum absolute atomic E-state index is 0.363. The van der Waals surface area contributed by atoms with Gasteiger partial charge in [-0.15, -0.1) is 0 Å². The zero-order valence-electron chi connectivity index (χ0n) is 15.7. The van der Waals surface area contributed by atoms with E-state index in [0.717, 1.165) is 34.9 Å². The van der Waals surface area contributed by atoms with Crippen molar-refractivity contribution in [3.05, 3.63) is 71.4 Å². The van der Waals surface area contributed by atoms with Crippen molar-refractivity contribution in [3.8, 4) is 0 Å². The Kier molecular flexibility index (Phi) is 6.42. The fourth-order valence-electron chi connectivity index (χ4n) is 3.59. The first-order valence-corrected chi connectivity index (χ1v) is 9.39. The highest BCUT2D eigenvalue weighted by molar-refractivity contribution is 5.46. The summed E-state index contributed by atoms with van der Waals surface area (Å²) < 4.78 is 0. The molecule has 0 amide bonds. The van der Waals surface area contributed by atoms with Crippen LogP contribution in [0.25, 0.3) is 0 Å². The summed E-state index contributed by atoms with van der Waals surface area (Å²) in [4.78, 5) is 8.85. The van der Waals surface area contributed by atoms with Gasteiger partial charge in [0, 0.05) is 26.2 Å². The topological polar surface area (TPSA) is 48.8 Å². The van der Waals surface area contributed by atoms with Crippen LogP contribution >= 0.6 is 0 Å². The largest absolute Gasteiger partial charge is 0.379 e. The third-order valence-corrected chi connectivity index (χ3v) is 4.96. The van der Waals surface area contributed by atoms with Crippen molar-refractivity contribution in [2.24, 2.45) is 9.98 Å². The second kappa shape index (κ2) is 9.18. The Bertz CT molecular complexity index is 787. The molecule has 0 unspecified atom stereocenters. The van der Waals surface area contributed by atoms with E-state index in [0.29, 0.717) is 12.1 Å². The average Bonchev–Trinajstić information content (AvgIpc) is 3.03. The number of nitrogens with one attached hydrogen (secondary N) is 2. The number of anilines is 2. The van der Waals surface area contributed by atoms with Crippen LogP contribution in [-0.4, -0.2) is 26.2 Å². The third-order valence-electron chi connectivity index (χ3n) is 4.96. The Morgan fingerprint density at radius 2 is 1.08 bits per heavy atom. The van der Waals surface area contributed by atoms with E-state index < -0.39 is 0 Å². The normalized spacial score (nSPS) is 21.3. The number of hydrogen-bond acceptors (Lipinski definition) is 4. The molecule has 2 atom stereocenters. The van der Waals surface area contributed by atoms with Gasteiger partial charge in [0.1, 0.15) is 0 Å². The molecule has 4 nitrogen and oxygen atoms in total. The first-order chi connectivity index (χ1) is 12.8. The zero-order chi connectivity index (χ0) is 18.2. The van der Waals surface area contributed by atoms with Crippen LogP contribution < -0.4 is 21.3 Å². The Morgan fingerprint density at radius 1 is 0.654 bits per heavy atom. The Morgan fingerprint density at radius 3 is 1.50 bits per heavy atom. The van der Waals surface area contributed by atoms with Gasteiger partial charge in [-0.2, -0.15) is 0 Å². The van der Waals surface area contributed by atoms with Gasteiger partial charge in [0.15, 0.2) is 0 Å². The molecule has 4 heteroatoms. The lowest BCUT2D eigenvalue weighted by Gasteiger charge is -2.34. The van der Waals surface area contributed by atoms with Gasteiger partial charge in [-0.3, -0.25) is 9.98 Å². The van der Waals surface area contributed by atoms with Gasteiger partial charge in [0.25, 0.3) is 0 Å². The van der Waals surface area contributed by atoms with Crippen LogP contribution in [-0.2, 0) is 0 Å². The fraction of sp³-hybridized carbons (Fsp3) is 0.364. The lowest BCUT2D eigenvalue weighted by atomic mass is 9.90. The predicted molar refractivity (Wildman–Crippen MR) is 109 cm³/mol. The van der Waals surface area contributed by atoms with Gasteiger partial charge >= 0.3 is 0 Å². The molecule has 3 rings (SSSR count). The molecule has 0 aliphatic heterocycles. The average molecular weight is 348 g/mol. The summed E-state index contributed by atoms with van der Waals surface area (Å²) in [6.07, 6.45) is 4.80. The third kappa shape index (κ3) is 4.51. The van der Waals surface area contributed by atoms with Crippen molar-refractivity contribution >= 4 is 11.4 Å². The minimum Gasteiger partial charge on any atom is -0.379 e. The molecule has 136 valence electrons. The lowest BCUT2D eigenvalue weighted by Crippen LogP contribution is -2.43. The van der Waals surface area contributed by atoms with Crippen LogP contribution in [0.5, 0.6) is 0 Å². The minimum atomic E-state index is 0.363. The van der Waals surface area contributed by atoms with Crippen molar-refractivity contribution in [1.82, 2.24) is 0 Å². The van der Waals surface area contributed by atoms with E-state index in [-0.39, 0.29) is 0 Å². The Hall–Kier alpha value is -2.62. The van der Waals surface area contributed by atoms with E-state index in [1.165, 1.54) is 12.8 Å². The quantitative estimate of drug-likeness (QED) is 0.887. The molecular formula is C22H28N4. The summed E-state index contributed by atoms with van der Waals surface area (Å²) in [5.41, 5.74) is 2.19. The summed E-state index contributed by atoms with van der Waals surface area (Å²) >= 11 is 0. The van der Waals surface area contributed by atoms with E-state index in [4.69, 9.17) is 0 Å². The molecular weight excluding hydrogens is 320 g/mol. The molecule has 2 N–H and O–H groups in total. The lowest BCUT2D eigenvalue weighted by molar-refractivity contribution is 0.423. The van der Waals surface area contributed by atoms with Gasteiger partial charge in [0.2, 0.25) is 0 Å². The highest BCUT2D eigenvalue weighted by Gasteiger charge is 2.25. The maximum Gasteiger partial charge on any atom is 0.0802 e. The van der Waals surface area contributed by atoms with Crippen molar-refractivity contribution < 1.29 is 0 Å². The number of hydrogen-bond donors (Lipinski definition) is 2. The van der Waals surface area contributed by atoms with Crippen molar-refractivity contribution in [3.63, 3.8) is 0 Å². The van der Waals surface area contributed by atoms with Crippen LogP contribution in [0.1, 0.15) is 25.7 Å². The maximum atomic E-state index is 4.42. The summed E-state index contributed by atoms with van der Waals surface area (Å²) in [5.74, 6) is 0. The first-order valence-electron chi connectivity index (χ1n) is 9.39. The molecule has 1 saturated carbocycles. The van der Waals surface area contributed by atoms with Crippen LogP contribution in [0, 0.1) is 0 Å². The van der Waals surface area contributed by atoms with Gasteiger partial charge < -0.3 is 10.6 Å². The summed E-state index contributed by atoms with van der Waals surface area (Å²) in [7, 11) is 3.69. The Labute approximate surface area is 155 Å². The smallest absolute Gasteiger partial charge is 0.0802 e. The van der Waals surface area contributed by atoms with Crippen LogP contribution in [0.3, 0.4) is 0 Å². The van der Waals surface area contributed by atoms with Crippen LogP contribution in [0.15, 0.2) is 70.6 Å². The van der Waals surface area contributed by atoms with Gasteiger partial charge in [-0.1, -0.05) is 49.2 Å². The second-order valence-electron chi connectivity index (χ2n) is 6.65. The number of nitrogens with zero attached hydrogens (tertiary/aromatic N) is 2. The Balaban J connectivity index is 1.87. The summed E-state index contributed by atoms with van der Waals surface area (Å²) in [6, 6.07) is 21.3. The molecule has 0 aromatic heterocycles. The van der Waals surface area contributed by atoms with Gasteiger partial charge in [0.05, 0.1) is 22.1 Å². The van der Waals surface area contributed by atoms with Crippen LogP contribution in [0.2, 0.25) is 0 Å². The zero-order valence-corrected chi connectivity index (χ0v) is 15.7. The van der Waals surface area contributed by atoms with Gasteiger partial charge in [-0.05, 0) is 37.1 Å². The maximum absolute atomic E-state index is 4.42. The monoisotopic (exact) mass is 348 g/mol. The van der Waals surface area contributed by atoms with E-state index in [9.17, 15) is 0 Å². The SMILES string of the molecule is CN=c1cccccc1N[C@@H]1CCCC[C@H]1Nc1cccccc1=NC. The molecule has 0 radical (unpaired) electrons. The molecule has 1 fully saturated rings. The van der Waals surface area contributed by atoms with Crippen molar-refractivity contribution in [1.29, 1.82) is 0 Å². The summed E-state index contributed by atoms with van der Waals surface area (Å²) in [5, 5.41) is 9.49. The predicted octanol–water partition coefficient (Wildman–Crippen LogP) is 3.58. The molecule has 0 saturated heterocycles. The van der Waals surface area contributed by atoms with E-state index in [1.54, 1.807) is 0 Å². The van der Waals surface area contributed by atoms with Crippen molar-refractivity contribution in [2.45, 2.75) is 37.8 Å². The molecule has 1 aliphatic carbocycles. The molecule has 2 aromatic rings. The van der Waals surface area contributed by atoms with Crippen molar-refractivity contribution in [2.75, 3.05) is 24.7 Å². The molecule has 0 bridgehead atoms. The fourth-order valence-corrected chi connectivity index (χ4v) is 3.59. The molecule has 26 heavy (non-hydrogen) atoms. The van der Waals surface area contributed by atoms with Gasteiger partial charge in [-0.25, -0.2) is 0 Å². The molecule has 2 aromatic carbocycles. The molecule has 0 heterocycles. The van der Waals surface area contributed by atoms with E-state index in [2.05, 4.69) is 57.0 Å². The van der Waals surface area contributed by atoms with Crippen LogP contribution in [0.4, 0.5) is 11.4 Å². The molecule has 1 aliphatic rings. The number of rotatable bonds is 4. The summed E-state index contributed by atoms with van der Waals surface area (Å²) in [6.45, 7) is 0. The molecule has 0 spiro atoms. The highest BCUT2D eigenvalue weighted by atomic mass is 15.0. The first kappa shape index (κ1) is 18.2. The van der Waals surface area contributed by atoms with E-state index >= 15 is 0 Å². The second-order valence-corrected chi connectivity index (χ2v) is 6.65. The van der Waals surface area contributed by atoms with E-state index in [1.807, 2.05) is 38.4 Å².